The lowest BCUT2D eigenvalue weighted by Crippen LogP contribution is -2.79. The number of aromatic nitrogens is 1. The van der Waals surface area contributed by atoms with Crippen molar-refractivity contribution in [3.05, 3.63) is 77.1 Å². The van der Waals surface area contributed by atoms with Crippen LogP contribution >= 0.6 is 0 Å². The fourth-order valence-corrected chi connectivity index (χ4v) is 10.6. The van der Waals surface area contributed by atoms with E-state index < -0.39 is 106 Å². The van der Waals surface area contributed by atoms with Crippen molar-refractivity contribution in [1.82, 2.24) is 10.3 Å². The van der Waals surface area contributed by atoms with Gasteiger partial charge < -0.3 is 48.7 Å². The van der Waals surface area contributed by atoms with Gasteiger partial charge in [0.25, 0.3) is 0 Å². The van der Waals surface area contributed by atoms with Gasteiger partial charge in [0.2, 0.25) is 0 Å². The predicted octanol–water partition coefficient (Wildman–Crippen LogP) is 5.27. The van der Waals surface area contributed by atoms with Crippen molar-refractivity contribution < 1.29 is 62.5 Å². The molecule has 1 aromatic heterocycles. The van der Waals surface area contributed by atoms with Crippen molar-refractivity contribution >= 4 is 24.0 Å². The van der Waals surface area contributed by atoms with Crippen molar-refractivity contribution in [2.45, 2.75) is 154 Å². The average Bonchev–Trinajstić information content (AvgIpc) is 3.48. The first kappa shape index (κ1) is 43.7. The third kappa shape index (κ3) is 7.39. The van der Waals surface area contributed by atoms with E-state index in [1.165, 1.54) is 19.2 Å². The van der Waals surface area contributed by atoms with Crippen LogP contribution in [0.1, 0.15) is 111 Å². The molecule has 3 heterocycles. The minimum Gasteiger partial charge on any atom is -0.456 e. The molecule has 4 fully saturated rings. The molecular weight excluding hydrogens is 776 g/mol. The number of carbonyl (C=O) groups excluding carboxylic acids is 4. The van der Waals surface area contributed by atoms with E-state index in [4.69, 9.17) is 33.2 Å². The van der Waals surface area contributed by atoms with Crippen LogP contribution in [0.5, 0.6) is 0 Å². The number of hydrogen-bond donors (Lipinski definition) is 3. The molecule has 7 rings (SSSR count). The first-order valence-corrected chi connectivity index (χ1v) is 20.6. The number of ether oxygens (including phenoxy) is 7. The molecule has 3 aliphatic carbocycles. The molecule has 2 saturated carbocycles. The number of fused-ring (bicyclic) bond motifs is 8. The highest BCUT2D eigenvalue weighted by molar-refractivity contribution is 5.89. The summed E-state index contributed by atoms with van der Waals surface area (Å²) in [6, 6.07) is 11.8. The third-order valence-electron chi connectivity index (χ3n) is 13.3. The summed E-state index contributed by atoms with van der Waals surface area (Å²) in [4.78, 5) is 59.0. The summed E-state index contributed by atoms with van der Waals surface area (Å²) in [5.41, 5.74) is -5.04. The van der Waals surface area contributed by atoms with Crippen molar-refractivity contribution in [2.24, 2.45) is 16.7 Å². The number of rotatable bonds is 8. The molecule has 2 aliphatic heterocycles. The van der Waals surface area contributed by atoms with Crippen LogP contribution in [0.3, 0.4) is 0 Å². The molecule has 2 saturated heterocycles. The normalized spacial score (nSPS) is 34.7. The Morgan fingerprint density at radius 3 is 2.25 bits per heavy atom. The second-order valence-corrected chi connectivity index (χ2v) is 19.1. The molecule has 2 bridgehead atoms. The Labute approximate surface area is 350 Å². The second kappa shape index (κ2) is 15.2. The highest BCUT2D eigenvalue weighted by atomic mass is 16.8. The number of amides is 1. The van der Waals surface area contributed by atoms with Crippen molar-refractivity contribution in [2.75, 3.05) is 6.61 Å². The summed E-state index contributed by atoms with van der Waals surface area (Å²) >= 11 is 0. The zero-order valence-electron chi connectivity index (χ0n) is 36.0. The van der Waals surface area contributed by atoms with Gasteiger partial charge >= 0.3 is 24.0 Å². The molecule has 1 aromatic carbocycles. The molecule has 0 unspecified atom stereocenters. The van der Waals surface area contributed by atoms with Crippen LogP contribution in [0.2, 0.25) is 0 Å². The Hall–Kier alpha value is -4.41. The maximum absolute atomic E-state index is 14.4. The SMILES string of the molecule is CC(=O)O[C@@]12CO[C@@H]1CC[C@@]1(C)[C@@H]3OC(C)(C)O[C@@H]3C3=C(C)[C@@H](OC(=O)[C@H](O)[C@@H](NC(=O)OC(C)(C)C)c4ccccn4)C[C@@](O)([C@@H](OC(=O)c4ccccc4)[C@@H]12)C3(C)C. The van der Waals surface area contributed by atoms with Crippen LogP contribution in [0.4, 0.5) is 4.79 Å². The van der Waals surface area contributed by atoms with Crippen LogP contribution in [0.25, 0.3) is 0 Å². The number of nitrogens with one attached hydrogen (secondary N) is 1. The summed E-state index contributed by atoms with van der Waals surface area (Å²) in [5.74, 6) is -4.50. The first-order chi connectivity index (χ1) is 27.9. The Balaban J connectivity index is 1.37. The number of aliphatic hydroxyl groups excluding tert-OH is 1. The Morgan fingerprint density at radius 2 is 1.65 bits per heavy atom. The molecule has 1 amide bonds. The van der Waals surface area contributed by atoms with Gasteiger partial charge in [0.05, 0.1) is 29.9 Å². The predicted molar refractivity (Wildman–Crippen MR) is 213 cm³/mol. The smallest absolute Gasteiger partial charge is 0.408 e. The molecule has 15 heteroatoms. The summed E-state index contributed by atoms with van der Waals surface area (Å²) in [6.45, 7) is 17.3. The zero-order chi connectivity index (χ0) is 43.8. The van der Waals surface area contributed by atoms with Crippen molar-refractivity contribution in [3.8, 4) is 0 Å². The van der Waals surface area contributed by atoms with Gasteiger partial charge in [0.15, 0.2) is 17.5 Å². The molecule has 0 radical (unpaired) electrons. The molecule has 2 aromatic rings. The lowest BCUT2D eigenvalue weighted by molar-refractivity contribution is -0.346. The van der Waals surface area contributed by atoms with Crippen LogP contribution in [0, 0.1) is 16.7 Å². The van der Waals surface area contributed by atoms with Crippen LogP contribution < -0.4 is 5.32 Å². The van der Waals surface area contributed by atoms with E-state index in [2.05, 4.69) is 10.3 Å². The van der Waals surface area contributed by atoms with Gasteiger partial charge in [-0.2, -0.15) is 0 Å². The molecule has 5 aliphatic rings. The number of nitrogens with zero attached hydrogens (tertiary/aromatic N) is 1. The molecule has 0 spiro atoms. The quantitative estimate of drug-likeness (QED) is 0.177. The largest absolute Gasteiger partial charge is 0.456 e. The Kier molecular flexibility index (Phi) is 11.1. The highest BCUT2D eigenvalue weighted by Gasteiger charge is 2.77. The Bertz CT molecular complexity index is 2030. The third-order valence-corrected chi connectivity index (χ3v) is 13.3. The van der Waals surface area contributed by atoms with Crippen molar-refractivity contribution in [3.63, 3.8) is 0 Å². The van der Waals surface area contributed by atoms with Crippen LogP contribution in [-0.2, 0) is 42.7 Å². The van der Waals surface area contributed by atoms with E-state index in [9.17, 15) is 29.4 Å². The fourth-order valence-electron chi connectivity index (χ4n) is 10.6. The van der Waals surface area contributed by atoms with Gasteiger partial charge in [-0.1, -0.05) is 45.0 Å². The summed E-state index contributed by atoms with van der Waals surface area (Å²) in [7, 11) is 0. The molecule has 326 valence electrons. The monoisotopic (exact) mass is 834 g/mol. The number of hydrogen-bond acceptors (Lipinski definition) is 14. The number of benzene rings is 1. The minimum atomic E-state index is -2.06. The highest BCUT2D eigenvalue weighted by Crippen LogP contribution is 2.67. The van der Waals surface area contributed by atoms with Gasteiger partial charge in [0.1, 0.15) is 41.7 Å². The van der Waals surface area contributed by atoms with Crippen LogP contribution in [-0.4, -0.2) is 105 Å². The number of alkyl carbamates (subject to hydrolysis) is 1. The lowest BCUT2D eigenvalue weighted by atomic mass is 9.45. The summed E-state index contributed by atoms with van der Waals surface area (Å²) in [6.07, 6.45) is -5.61. The summed E-state index contributed by atoms with van der Waals surface area (Å²) < 4.78 is 44.4. The molecule has 15 nitrogen and oxygen atoms in total. The van der Waals surface area contributed by atoms with E-state index in [-0.39, 0.29) is 24.3 Å². The Morgan fingerprint density at radius 1 is 0.967 bits per heavy atom. The number of carbonyl (C=O) groups is 4. The van der Waals surface area contributed by atoms with Gasteiger partial charge in [-0.15, -0.1) is 0 Å². The van der Waals surface area contributed by atoms with Gasteiger partial charge in [0, 0.05) is 30.4 Å². The lowest BCUT2D eigenvalue weighted by Gasteiger charge is -2.68. The van der Waals surface area contributed by atoms with E-state index in [1.807, 2.05) is 20.8 Å². The van der Waals surface area contributed by atoms with E-state index >= 15 is 0 Å². The first-order valence-electron chi connectivity index (χ1n) is 20.6. The molecule has 3 N–H and O–H groups in total. The van der Waals surface area contributed by atoms with E-state index in [0.29, 0.717) is 24.0 Å². The molecule has 11 atom stereocenters. The average molecular weight is 835 g/mol. The summed E-state index contributed by atoms with van der Waals surface area (Å²) in [5, 5.41) is 28.1. The maximum atomic E-state index is 14.4. The molecule has 60 heavy (non-hydrogen) atoms. The van der Waals surface area contributed by atoms with Gasteiger partial charge in [-0.3, -0.25) is 9.78 Å². The number of aliphatic hydroxyl groups is 2. The number of esters is 3. The number of pyridine rings is 1. The maximum Gasteiger partial charge on any atom is 0.408 e. The molecular formula is C45H58N2O13. The van der Waals surface area contributed by atoms with Crippen LogP contribution in [0.15, 0.2) is 65.9 Å². The van der Waals surface area contributed by atoms with Gasteiger partial charge in [-0.05, 0) is 89.8 Å². The van der Waals surface area contributed by atoms with Gasteiger partial charge in [-0.25, -0.2) is 14.4 Å². The zero-order valence-corrected chi connectivity index (χ0v) is 36.0. The minimum absolute atomic E-state index is 0.0269. The van der Waals surface area contributed by atoms with E-state index in [0.717, 1.165) is 0 Å². The van der Waals surface area contributed by atoms with Crippen molar-refractivity contribution in [1.29, 1.82) is 0 Å². The standard InChI is InChI=1S/C45H58N2O13/c1-24-28(55-38(51)32(49)31(27-18-14-15-21-46-27)47-39(52)60-40(3,4)5)22-45(53)36(56-37(50)26-16-12-11-13-17-26)34-43(10,20-19-29-44(34,23-54-29)57-25(2)48)35-33(30(24)41(45,6)7)58-42(8,9)59-35/h11-18,21,28-29,31-36,49,53H,19-20,22-23H2,1-10H3,(H,47,52)/t28-,29+,31-,32+,33+,34-,35+,36-,43+,44-,45+/m0/s1. The topological polar surface area (TPSA) is 198 Å². The second-order valence-electron chi connectivity index (χ2n) is 19.1. The van der Waals surface area contributed by atoms with E-state index in [1.54, 1.807) is 84.0 Å². The fraction of sp³-hybridized carbons (Fsp3) is 0.622.